The molecule has 0 aromatic carbocycles. The first kappa shape index (κ1) is 27.5. The largest absolute Gasteiger partial charge is 0.461 e. The fourth-order valence-corrected chi connectivity index (χ4v) is 9.36. The average Bonchev–Trinajstić information content (AvgIpc) is 3.18. The molecule has 200 valence electrons. The van der Waals surface area contributed by atoms with Gasteiger partial charge in [0.25, 0.3) is 0 Å². The molecular formula is C32H53ClO2. The molecule has 4 aliphatic rings. The molecule has 0 radical (unpaired) electrons. The molecule has 0 N–H and O–H groups in total. The first-order valence-electron chi connectivity index (χ1n) is 15.4. The first-order chi connectivity index (χ1) is 16.8. The van der Waals surface area contributed by atoms with E-state index in [1.807, 2.05) is 0 Å². The van der Waals surface area contributed by atoms with Crippen molar-refractivity contribution in [2.75, 3.05) is 0 Å². The number of carbonyl (C=O) groups excluding carboxylic acids is 1. The molecule has 4 aliphatic carbocycles. The van der Waals surface area contributed by atoms with E-state index in [2.05, 4.69) is 33.8 Å². The van der Waals surface area contributed by atoms with Gasteiger partial charge in [0, 0.05) is 6.42 Å². The summed E-state index contributed by atoms with van der Waals surface area (Å²) >= 11 is 6.25. The molecule has 3 fully saturated rings. The van der Waals surface area contributed by atoms with Crippen molar-refractivity contribution in [2.45, 2.75) is 148 Å². The third-order valence-electron chi connectivity index (χ3n) is 11.2. The molecule has 4 rings (SSSR count). The minimum Gasteiger partial charge on any atom is -0.461 e. The van der Waals surface area contributed by atoms with E-state index in [9.17, 15) is 4.79 Å². The van der Waals surface area contributed by atoms with Gasteiger partial charge in [-0.3, -0.25) is 4.79 Å². The minimum atomic E-state index is -0.485. The highest BCUT2D eigenvalue weighted by atomic mass is 35.5. The van der Waals surface area contributed by atoms with E-state index < -0.39 is 5.38 Å². The van der Waals surface area contributed by atoms with Crippen molar-refractivity contribution in [3.05, 3.63) is 11.6 Å². The maximum Gasteiger partial charge on any atom is 0.324 e. The van der Waals surface area contributed by atoms with Gasteiger partial charge in [0.2, 0.25) is 0 Å². The lowest BCUT2D eigenvalue weighted by Gasteiger charge is -2.58. The lowest BCUT2D eigenvalue weighted by Crippen LogP contribution is -2.50. The average molecular weight is 505 g/mol. The Kier molecular flexibility index (Phi) is 9.37. The van der Waals surface area contributed by atoms with Gasteiger partial charge in [0.1, 0.15) is 11.5 Å². The summed E-state index contributed by atoms with van der Waals surface area (Å²) in [6.45, 7) is 9.61. The van der Waals surface area contributed by atoms with Crippen molar-refractivity contribution < 1.29 is 9.53 Å². The van der Waals surface area contributed by atoms with Crippen LogP contribution in [0.5, 0.6) is 0 Å². The summed E-state index contributed by atoms with van der Waals surface area (Å²) in [5.41, 5.74) is 2.48. The van der Waals surface area contributed by atoms with Gasteiger partial charge in [0.05, 0.1) is 0 Å². The molecule has 0 aromatic rings. The van der Waals surface area contributed by atoms with Gasteiger partial charge >= 0.3 is 5.97 Å². The SMILES string of the molecule is CCCCCCCC[C@@H]1CC[C@@H]2[C@@H]3CC=C4C[C@@H](OC(=O)[C@H](Cl)CCC)CC[C@]4(C)[C@H]3CC[C@]12C. The summed E-state index contributed by atoms with van der Waals surface area (Å²) in [6, 6.07) is 0. The van der Waals surface area contributed by atoms with Gasteiger partial charge < -0.3 is 4.74 Å². The number of halogens is 1. The Morgan fingerprint density at radius 3 is 2.54 bits per heavy atom. The Labute approximate surface area is 221 Å². The standard InChI is InChI=1S/C32H53ClO2/c1-5-7-8-9-10-11-13-23-15-17-27-26-16-14-24-22-25(35-30(34)29(33)12-6-2)18-20-32(24,4)28(26)19-21-31(23,27)3/h14,23,25-29H,5-13,15-22H2,1-4H3/t23-,25+,26+,27-,28+,29-,31-,32+/m1/s1. The van der Waals surface area contributed by atoms with Crippen LogP contribution in [0.25, 0.3) is 0 Å². The van der Waals surface area contributed by atoms with Crippen LogP contribution < -0.4 is 0 Å². The normalized spacial score (nSPS) is 39.2. The van der Waals surface area contributed by atoms with Crippen LogP contribution >= 0.6 is 11.6 Å². The first-order valence-corrected chi connectivity index (χ1v) is 15.8. The van der Waals surface area contributed by atoms with Gasteiger partial charge in [-0.25, -0.2) is 0 Å². The molecule has 0 heterocycles. The molecule has 0 aromatic heterocycles. The number of rotatable bonds is 11. The Balaban J connectivity index is 1.36. The van der Waals surface area contributed by atoms with Crippen LogP contribution in [0.4, 0.5) is 0 Å². The molecule has 0 unspecified atom stereocenters. The third kappa shape index (κ3) is 5.68. The number of unbranched alkanes of at least 4 members (excludes halogenated alkanes) is 5. The lowest BCUT2D eigenvalue weighted by atomic mass is 9.47. The number of fused-ring (bicyclic) bond motifs is 5. The van der Waals surface area contributed by atoms with Crippen LogP contribution in [-0.4, -0.2) is 17.5 Å². The molecule has 0 saturated heterocycles. The number of alkyl halides is 1. The molecule has 0 bridgehead atoms. The number of hydrogen-bond donors (Lipinski definition) is 0. The van der Waals surface area contributed by atoms with Gasteiger partial charge in [-0.1, -0.05) is 84.3 Å². The number of allylic oxidation sites excluding steroid dienone is 1. The summed E-state index contributed by atoms with van der Waals surface area (Å²) in [5, 5.41) is -0.485. The summed E-state index contributed by atoms with van der Waals surface area (Å²) in [7, 11) is 0. The second-order valence-electron chi connectivity index (χ2n) is 13.2. The van der Waals surface area contributed by atoms with E-state index in [4.69, 9.17) is 16.3 Å². The highest BCUT2D eigenvalue weighted by molar-refractivity contribution is 6.29. The zero-order valence-corrected chi connectivity index (χ0v) is 24.0. The number of carbonyl (C=O) groups is 1. The zero-order valence-electron chi connectivity index (χ0n) is 23.3. The minimum absolute atomic E-state index is 0.0264. The van der Waals surface area contributed by atoms with E-state index in [1.54, 1.807) is 5.57 Å². The third-order valence-corrected chi connectivity index (χ3v) is 11.6. The van der Waals surface area contributed by atoms with Crippen molar-refractivity contribution in [1.82, 2.24) is 0 Å². The number of esters is 1. The van der Waals surface area contributed by atoms with Gasteiger partial charge in [-0.05, 0) is 92.3 Å². The van der Waals surface area contributed by atoms with Crippen LogP contribution in [0.15, 0.2) is 11.6 Å². The molecular weight excluding hydrogens is 452 g/mol. The van der Waals surface area contributed by atoms with Crippen LogP contribution in [-0.2, 0) is 9.53 Å². The molecule has 3 saturated carbocycles. The Hall–Kier alpha value is -0.500. The summed E-state index contributed by atoms with van der Waals surface area (Å²) in [5.74, 6) is 3.37. The monoisotopic (exact) mass is 504 g/mol. The number of ether oxygens (including phenoxy) is 1. The topological polar surface area (TPSA) is 26.3 Å². The number of hydrogen-bond acceptors (Lipinski definition) is 2. The van der Waals surface area contributed by atoms with E-state index in [0.29, 0.717) is 17.3 Å². The quantitative estimate of drug-likeness (QED) is 0.121. The maximum atomic E-state index is 12.4. The molecule has 3 heteroatoms. The van der Waals surface area contributed by atoms with E-state index in [-0.39, 0.29) is 12.1 Å². The van der Waals surface area contributed by atoms with Crippen molar-refractivity contribution in [2.24, 2.45) is 34.5 Å². The lowest BCUT2D eigenvalue weighted by molar-refractivity contribution is -0.151. The molecule has 2 nitrogen and oxygen atoms in total. The smallest absolute Gasteiger partial charge is 0.324 e. The molecule has 0 spiro atoms. The van der Waals surface area contributed by atoms with Crippen molar-refractivity contribution >= 4 is 17.6 Å². The maximum absolute atomic E-state index is 12.4. The van der Waals surface area contributed by atoms with Crippen LogP contribution in [0.2, 0.25) is 0 Å². The molecule has 35 heavy (non-hydrogen) atoms. The summed E-state index contributed by atoms with van der Waals surface area (Å²) < 4.78 is 5.89. The predicted molar refractivity (Wildman–Crippen MR) is 148 cm³/mol. The highest BCUT2D eigenvalue weighted by Gasteiger charge is 2.58. The van der Waals surface area contributed by atoms with E-state index in [0.717, 1.165) is 42.9 Å². The highest BCUT2D eigenvalue weighted by Crippen LogP contribution is 2.66. The van der Waals surface area contributed by atoms with Gasteiger partial charge in [0.15, 0.2) is 0 Å². The second-order valence-corrected chi connectivity index (χ2v) is 13.7. The molecule has 8 atom stereocenters. The molecule has 0 amide bonds. The summed E-state index contributed by atoms with van der Waals surface area (Å²) in [4.78, 5) is 12.4. The fraction of sp³-hybridized carbons (Fsp3) is 0.906. The Morgan fingerprint density at radius 1 is 1.00 bits per heavy atom. The fourth-order valence-electron chi connectivity index (χ4n) is 9.09. The Morgan fingerprint density at radius 2 is 1.77 bits per heavy atom. The van der Waals surface area contributed by atoms with Crippen molar-refractivity contribution in [3.8, 4) is 0 Å². The predicted octanol–water partition coefficient (Wildman–Crippen LogP) is 9.64. The van der Waals surface area contributed by atoms with Crippen molar-refractivity contribution in [3.63, 3.8) is 0 Å². The summed E-state index contributed by atoms with van der Waals surface area (Å²) in [6.07, 6.45) is 24.4. The van der Waals surface area contributed by atoms with Crippen LogP contribution in [0.1, 0.15) is 137 Å². The van der Waals surface area contributed by atoms with Gasteiger partial charge in [-0.15, -0.1) is 11.6 Å². The molecule has 0 aliphatic heterocycles. The van der Waals surface area contributed by atoms with E-state index in [1.165, 1.54) is 83.5 Å². The van der Waals surface area contributed by atoms with Crippen molar-refractivity contribution in [1.29, 1.82) is 0 Å². The van der Waals surface area contributed by atoms with Crippen LogP contribution in [0, 0.1) is 34.5 Å². The second kappa shape index (κ2) is 11.9. The van der Waals surface area contributed by atoms with E-state index >= 15 is 0 Å². The van der Waals surface area contributed by atoms with Gasteiger partial charge in [-0.2, -0.15) is 0 Å². The zero-order chi connectivity index (χ0) is 25.1. The van der Waals surface area contributed by atoms with Crippen LogP contribution in [0.3, 0.4) is 0 Å². The Bertz CT molecular complexity index is 746.